The molecule has 2 saturated heterocycles. The minimum Gasteiger partial charge on any atom is -0.384 e. The van der Waals surface area contributed by atoms with Crippen LogP contribution in [0.5, 0.6) is 0 Å². The molecule has 2 aliphatic heterocycles. The zero-order valence-electron chi connectivity index (χ0n) is 12.5. The van der Waals surface area contributed by atoms with Crippen LogP contribution in [0, 0.1) is 0 Å². The molecule has 116 valence electrons. The zero-order valence-corrected chi connectivity index (χ0v) is 12.5. The highest BCUT2D eigenvalue weighted by Gasteiger charge is 2.25. The molecule has 3 heterocycles. The Kier molecular flexibility index (Phi) is 4.12. The first-order chi connectivity index (χ1) is 10.1. The van der Waals surface area contributed by atoms with E-state index in [0.717, 1.165) is 52.0 Å². The Balaban J connectivity index is 1.72. The normalized spacial score (nSPS) is 24.2. The van der Waals surface area contributed by atoms with Crippen molar-refractivity contribution in [3.05, 3.63) is 11.8 Å². The van der Waals surface area contributed by atoms with Crippen LogP contribution >= 0.6 is 0 Å². The average molecular weight is 293 g/mol. The number of carbonyl (C=O) groups excluding carboxylic acids is 1. The van der Waals surface area contributed by atoms with E-state index >= 15 is 0 Å². The fourth-order valence-electron chi connectivity index (χ4n) is 2.83. The lowest BCUT2D eigenvalue weighted by molar-refractivity contribution is -0.0381. The van der Waals surface area contributed by atoms with Gasteiger partial charge in [0.15, 0.2) is 11.9 Å². The van der Waals surface area contributed by atoms with Gasteiger partial charge in [-0.25, -0.2) is 4.68 Å². The van der Waals surface area contributed by atoms with E-state index in [-0.39, 0.29) is 12.1 Å². The highest BCUT2D eigenvalue weighted by Crippen LogP contribution is 2.25. The van der Waals surface area contributed by atoms with Crippen molar-refractivity contribution < 1.29 is 9.53 Å². The van der Waals surface area contributed by atoms with Gasteiger partial charge in [0.25, 0.3) is 5.91 Å². The smallest absolute Gasteiger partial charge is 0.274 e. The molecular weight excluding hydrogens is 270 g/mol. The molecule has 7 heteroatoms. The molecule has 0 bridgehead atoms. The number of hydrogen-bond acceptors (Lipinski definition) is 5. The number of amides is 1. The van der Waals surface area contributed by atoms with E-state index in [0.29, 0.717) is 11.5 Å². The lowest BCUT2D eigenvalue weighted by atomic mass is 10.2. The zero-order chi connectivity index (χ0) is 14.8. The van der Waals surface area contributed by atoms with Crippen LogP contribution in [0.1, 0.15) is 36.0 Å². The van der Waals surface area contributed by atoms with Gasteiger partial charge in [-0.2, -0.15) is 5.10 Å². The summed E-state index contributed by atoms with van der Waals surface area (Å²) in [5.41, 5.74) is 6.43. The fraction of sp³-hybridized carbons (Fsp3) is 0.714. The summed E-state index contributed by atoms with van der Waals surface area (Å²) in [6.07, 6.45) is 2.94. The predicted octanol–water partition coefficient (Wildman–Crippen LogP) is 0.552. The molecule has 1 atom stereocenters. The monoisotopic (exact) mass is 293 g/mol. The van der Waals surface area contributed by atoms with Crippen molar-refractivity contribution in [2.24, 2.45) is 0 Å². The van der Waals surface area contributed by atoms with Crippen molar-refractivity contribution in [3.63, 3.8) is 0 Å². The number of likely N-dealkylation sites (N-methyl/N-ethyl adjacent to an activating group) is 1. The summed E-state index contributed by atoms with van der Waals surface area (Å²) in [6, 6.07) is 1.67. The SMILES string of the molecule is CN1CCN(C(=O)c2cc(N)n(C3CCCCO3)n2)CC1. The van der Waals surface area contributed by atoms with Gasteiger partial charge in [-0.15, -0.1) is 0 Å². The maximum atomic E-state index is 12.5. The van der Waals surface area contributed by atoms with Gasteiger partial charge >= 0.3 is 0 Å². The van der Waals surface area contributed by atoms with Gasteiger partial charge in [-0.1, -0.05) is 0 Å². The van der Waals surface area contributed by atoms with Crippen LogP contribution in [-0.4, -0.2) is 65.3 Å². The number of nitrogens with zero attached hydrogens (tertiary/aromatic N) is 4. The molecular formula is C14H23N5O2. The van der Waals surface area contributed by atoms with Crippen molar-refractivity contribution in [2.75, 3.05) is 45.6 Å². The molecule has 2 N–H and O–H groups in total. The van der Waals surface area contributed by atoms with Gasteiger partial charge in [0, 0.05) is 38.9 Å². The molecule has 0 aromatic carbocycles. The van der Waals surface area contributed by atoms with E-state index < -0.39 is 0 Å². The summed E-state index contributed by atoms with van der Waals surface area (Å²) < 4.78 is 7.34. The summed E-state index contributed by atoms with van der Waals surface area (Å²) in [5, 5.41) is 4.39. The molecule has 21 heavy (non-hydrogen) atoms. The minimum absolute atomic E-state index is 0.0376. The Bertz CT molecular complexity index is 501. The van der Waals surface area contributed by atoms with E-state index in [1.165, 1.54) is 0 Å². The second-order valence-corrected chi connectivity index (χ2v) is 5.82. The van der Waals surface area contributed by atoms with Gasteiger partial charge in [-0.05, 0) is 26.3 Å². The second-order valence-electron chi connectivity index (χ2n) is 5.82. The minimum atomic E-state index is -0.132. The van der Waals surface area contributed by atoms with Crippen LogP contribution in [0.4, 0.5) is 5.82 Å². The molecule has 1 aromatic heterocycles. The van der Waals surface area contributed by atoms with E-state index in [2.05, 4.69) is 17.0 Å². The number of aromatic nitrogens is 2. The average Bonchev–Trinajstić information content (AvgIpc) is 2.90. The van der Waals surface area contributed by atoms with Gasteiger partial charge < -0.3 is 20.3 Å². The number of hydrogen-bond donors (Lipinski definition) is 1. The van der Waals surface area contributed by atoms with Crippen molar-refractivity contribution in [1.82, 2.24) is 19.6 Å². The topological polar surface area (TPSA) is 76.6 Å². The number of piperazine rings is 1. The molecule has 1 amide bonds. The number of nitrogen functional groups attached to an aromatic ring is 1. The quantitative estimate of drug-likeness (QED) is 0.862. The van der Waals surface area contributed by atoms with E-state index in [4.69, 9.17) is 10.5 Å². The van der Waals surface area contributed by atoms with Gasteiger partial charge in [0.1, 0.15) is 5.82 Å². The maximum Gasteiger partial charge on any atom is 0.274 e. The van der Waals surface area contributed by atoms with Crippen LogP contribution in [-0.2, 0) is 4.74 Å². The summed E-state index contributed by atoms with van der Waals surface area (Å²) >= 11 is 0. The molecule has 0 saturated carbocycles. The Morgan fingerprint density at radius 2 is 2.10 bits per heavy atom. The Labute approximate surface area is 124 Å². The standard InChI is InChI=1S/C14H23N5O2/c1-17-5-7-18(8-6-17)14(20)11-10-12(15)19(16-11)13-4-2-3-9-21-13/h10,13H,2-9,15H2,1H3. The number of ether oxygens (including phenoxy) is 1. The van der Waals surface area contributed by atoms with E-state index in [1.54, 1.807) is 10.7 Å². The van der Waals surface area contributed by atoms with E-state index in [1.807, 2.05) is 4.90 Å². The first-order valence-corrected chi connectivity index (χ1v) is 7.59. The lowest BCUT2D eigenvalue weighted by Gasteiger charge is -2.31. The molecule has 3 rings (SSSR count). The first kappa shape index (κ1) is 14.3. The predicted molar refractivity (Wildman–Crippen MR) is 78.9 cm³/mol. The number of carbonyl (C=O) groups is 1. The number of rotatable bonds is 2. The highest BCUT2D eigenvalue weighted by molar-refractivity contribution is 5.93. The van der Waals surface area contributed by atoms with Crippen molar-refractivity contribution in [3.8, 4) is 0 Å². The number of anilines is 1. The molecule has 1 aromatic rings. The molecule has 7 nitrogen and oxygen atoms in total. The van der Waals surface area contributed by atoms with E-state index in [9.17, 15) is 4.79 Å². The number of nitrogens with two attached hydrogens (primary N) is 1. The van der Waals surface area contributed by atoms with Gasteiger partial charge in [0.05, 0.1) is 0 Å². The molecule has 0 radical (unpaired) electrons. The second kappa shape index (κ2) is 6.03. The largest absolute Gasteiger partial charge is 0.384 e. The van der Waals surface area contributed by atoms with Crippen molar-refractivity contribution in [1.29, 1.82) is 0 Å². The fourth-order valence-corrected chi connectivity index (χ4v) is 2.83. The third-order valence-corrected chi connectivity index (χ3v) is 4.20. The van der Waals surface area contributed by atoms with Crippen molar-refractivity contribution >= 4 is 11.7 Å². The van der Waals surface area contributed by atoms with Crippen LogP contribution in [0.3, 0.4) is 0 Å². The van der Waals surface area contributed by atoms with Crippen LogP contribution < -0.4 is 5.73 Å². The van der Waals surface area contributed by atoms with Crippen molar-refractivity contribution in [2.45, 2.75) is 25.5 Å². The van der Waals surface area contributed by atoms with Crippen LogP contribution in [0.25, 0.3) is 0 Å². The Morgan fingerprint density at radius 3 is 2.76 bits per heavy atom. The Hall–Kier alpha value is -1.60. The summed E-state index contributed by atoms with van der Waals surface area (Å²) in [5.74, 6) is 0.462. The maximum absolute atomic E-state index is 12.5. The first-order valence-electron chi connectivity index (χ1n) is 7.59. The van der Waals surface area contributed by atoms with Gasteiger partial charge in [-0.3, -0.25) is 4.79 Å². The molecule has 0 spiro atoms. The summed E-state index contributed by atoms with van der Waals surface area (Å²) in [7, 11) is 2.06. The third-order valence-electron chi connectivity index (χ3n) is 4.20. The van der Waals surface area contributed by atoms with Crippen LogP contribution in [0.15, 0.2) is 6.07 Å². The lowest BCUT2D eigenvalue weighted by Crippen LogP contribution is -2.47. The summed E-state index contributed by atoms with van der Waals surface area (Å²) in [4.78, 5) is 16.5. The molecule has 1 unspecified atom stereocenters. The van der Waals surface area contributed by atoms with Gasteiger partial charge in [0.2, 0.25) is 0 Å². The highest BCUT2D eigenvalue weighted by atomic mass is 16.5. The Morgan fingerprint density at radius 1 is 1.33 bits per heavy atom. The summed E-state index contributed by atoms with van der Waals surface area (Å²) in [6.45, 7) is 4.00. The van der Waals surface area contributed by atoms with Crippen LogP contribution in [0.2, 0.25) is 0 Å². The molecule has 0 aliphatic carbocycles. The molecule has 2 fully saturated rings. The third kappa shape index (κ3) is 3.03. The molecule has 2 aliphatic rings.